The second-order valence-electron chi connectivity index (χ2n) is 13.1. The van der Waals surface area contributed by atoms with Gasteiger partial charge in [-0.15, -0.1) is 0 Å². The molecule has 3 aliphatic rings. The largest absolute Gasteiger partial charge is 0.383 e. The summed E-state index contributed by atoms with van der Waals surface area (Å²) in [6, 6.07) is 13.4. The number of Topliss-reactive ketones (excluding diaryl/α,β-unsaturated/α-hetero) is 2. The molecule has 41 heavy (non-hydrogen) atoms. The van der Waals surface area contributed by atoms with Gasteiger partial charge in [-0.3, -0.25) is 9.59 Å². The van der Waals surface area contributed by atoms with Crippen LogP contribution in [0.4, 0.5) is 0 Å². The van der Waals surface area contributed by atoms with Gasteiger partial charge in [-0.2, -0.15) is 8.42 Å². The Kier molecular flexibility index (Phi) is 7.53. The van der Waals surface area contributed by atoms with E-state index in [2.05, 4.69) is 32.6 Å². The standard InChI is InChI=1S/C33H39NO6S/c1-21-11-13-22(14-12-21)41(37,38)40-28-10-8-7-9-23(28)29-30-24(17-32(2,3)19-26(30)35)34(15-16-39-6)25-18-33(4,5)20-27(36)31(25)29/h7-14,29H,15-20H2,1-6H3. The molecule has 0 bridgehead atoms. The molecule has 2 aromatic rings. The highest BCUT2D eigenvalue weighted by Gasteiger charge is 2.49. The molecule has 0 N–H and O–H groups in total. The van der Waals surface area contributed by atoms with Gasteiger partial charge >= 0.3 is 10.1 Å². The minimum absolute atomic E-state index is 0.0240. The van der Waals surface area contributed by atoms with Gasteiger partial charge in [0.2, 0.25) is 0 Å². The van der Waals surface area contributed by atoms with Crippen molar-refractivity contribution in [3.8, 4) is 5.75 Å². The van der Waals surface area contributed by atoms with Crippen molar-refractivity contribution in [2.75, 3.05) is 20.3 Å². The highest BCUT2D eigenvalue weighted by atomic mass is 32.2. The Morgan fingerprint density at radius 2 is 1.37 bits per heavy atom. The predicted octanol–water partition coefficient (Wildman–Crippen LogP) is 6.09. The monoisotopic (exact) mass is 577 g/mol. The molecule has 2 aromatic carbocycles. The van der Waals surface area contributed by atoms with E-state index in [-0.39, 0.29) is 33.0 Å². The molecule has 8 heteroatoms. The first-order valence-corrected chi connectivity index (χ1v) is 15.5. The number of benzene rings is 2. The van der Waals surface area contributed by atoms with Gasteiger partial charge in [-0.05, 0) is 48.8 Å². The Bertz CT molecular complexity index is 1510. The second-order valence-corrected chi connectivity index (χ2v) is 14.6. The van der Waals surface area contributed by atoms with E-state index in [1.165, 1.54) is 12.1 Å². The van der Waals surface area contributed by atoms with Gasteiger partial charge in [-0.25, -0.2) is 0 Å². The van der Waals surface area contributed by atoms with Gasteiger partial charge in [-0.1, -0.05) is 63.6 Å². The number of para-hydroxylation sites is 1. The van der Waals surface area contributed by atoms with Gasteiger partial charge in [0, 0.05) is 60.5 Å². The van der Waals surface area contributed by atoms with Crippen LogP contribution in [-0.4, -0.2) is 45.1 Å². The number of allylic oxidation sites excluding steroid dienone is 4. The molecule has 0 radical (unpaired) electrons. The van der Waals surface area contributed by atoms with Crippen LogP contribution in [0.5, 0.6) is 5.75 Å². The van der Waals surface area contributed by atoms with Crippen LogP contribution in [-0.2, 0) is 24.4 Å². The number of ether oxygens (including phenoxy) is 1. The number of methoxy groups -OCH3 is 1. The van der Waals surface area contributed by atoms with Crippen molar-refractivity contribution in [2.24, 2.45) is 10.8 Å². The number of hydrogen-bond acceptors (Lipinski definition) is 7. The number of rotatable bonds is 7. The lowest BCUT2D eigenvalue weighted by Crippen LogP contribution is -2.45. The molecule has 0 saturated heterocycles. The summed E-state index contributed by atoms with van der Waals surface area (Å²) in [5.74, 6) is -0.638. The first-order chi connectivity index (χ1) is 19.2. The maximum Gasteiger partial charge on any atom is 0.339 e. The molecular formula is C33H39NO6S. The zero-order valence-corrected chi connectivity index (χ0v) is 25.6. The van der Waals surface area contributed by atoms with E-state index < -0.39 is 16.0 Å². The third-order valence-electron chi connectivity index (χ3n) is 8.28. The lowest BCUT2D eigenvalue weighted by atomic mass is 9.63. The molecule has 5 rings (SSSR count). The Labute approximate surface area is 243 Å². The van der Waals surface area contributed by atoms with Gasteiger partial charge in [0.25, 0.3) is 0 Å². The van der Waals surface area contributed by atoms with E-state index in [0.717, 1.165) is 17.0 Å². The smallest absolute Gasteiger partial charge is 0.339 e. The van der Waals surface area contributed by atoms with Crippen LogP contribution in [0.1, 0.15) is 70.4 Å². The summed E-state index contributed by atoms with van der Waals surface area (Å²) in [7, 11) is -2.52. The van der Waals surface area contributed by atoms with Gasteiger partial charge in [0.05, 0.1) is 6.61 Å². The normalized spacial score (nSPS) is 20.7. The third-order valence-corrected chi connectivity index (χ3v) is 9.53. The van der Waals surface area contributed by atoms with Crippen LogP contribution in [0.2, 0.25) is 0 Å². The molecule has 0 saturated carbocycles. The summed E-state index contributed by atoms with van der Waals surface area (Å²) < 4.78 is 38.0. The zero-order valence-electron chi connectivity index (χ0n) is 24.7. The van der Waals surface area contributed by atoms with Gasteiger partial charge in [0.15, 0.2) is 11.6 Å². The Balaban J connectivity index is 1.72. The average Bonchev–Trinajstić information content (AvgIpc) is 2.86. The topological polar surface area (TPSA) is 90.0 Å². The lowest BCUT2D eigenvalue weighted by molar-refractivity contribution is -0.119. The number of carbonyl (C=O) groups excluding carboxylic acids is 2. The molecule has 0 unspecified atom stereocenters. The molecule has 0 amide bonds. The molecule has 1 aliphatic heterocycles. The molecular weight excluding hydrogens is 538 g/mol. The molecule has 7 nitrogen and oxygen atoms in total. The average molecular weight is 578 g/mol. The minimum atomic E-state index is -4.17. The summed E-state index contributed by atoms with van der Waals surface area (Å²) in [5.41, 5.74) is 3.84. The molecule has 218 valence electrons. The van der Waals surface area contributed by atoms with E-state index in [0.29, 0.717) is 55.5 Å². The number of hydrogen-bond donors (Lipinski definition) is 0. The van der Waals surface area contributed by atoms with E-state index in [9.17, 15) is 18.0 Å². The first-order valence-electron chi connectivity index (χ1n) is 14.1. The number of carbonyl (C=O) groups is 2. The van der Waals surface area contributed by atoms with E-state index in [1.54, 1.807) is 43.5 Å². The van der Waals surface area contributed by atoms with Crippen molar-refractivity contribution in [3.63, 3.8) is 0 Å². The SMILES string of the molecule is COCCN1C2=C(C(=O)CC(C)(C)C2)C(c2ccccc2OS(=O)(=O)c2ccc(C)cc2)C2=C1CC(C)(C)CC2=O. The molecule has 0 spiro atoms. The fourth-order valence-corrected chi connectivity index (χ4v) is 7.43. The predicted molar refractivity (Wildman–Crippen MR) is 157 cm³/mol. The summed E-state index contributed by atoms with van der Waals surface area (Å²) >= 11 is 0. The molecule has 2 aliphatic carbocycles. The van der Waals surface area contributed by atoms with Crippen molar-refractivity contribution in [2.45, 2.75) is 71.1 Å². The van der Waals surface area contributed by atoms with Crippen LogP contribution in [0, 0.1) is 17.8 Å². The molecule has 1 heterocycles. The summed E-state index contributed by atoms with van der Waals surface area (Å²) in [6.07, 6.45) is 2.00. The van der Waals surface area contributed by atoms with Crippen molar-refractivity contribution >= 4 is 21.7 Å². The van der Waals surface area contributed by atoms with Crippen LogP contribution in [0.15, 0.2) is 76.0 Å². The second kappa shape index (κ2) is 10.6. The van der Waals surface area contributed by atoms with Crippen molar-refractivity contribution in [1.29, 1.82) is 0 Å². The minimum Gasteiger partial charge on any atom is -0.383 e. The van der Waals surface area contributed by atoms with Crippen LogP contribution in [0.25, 0.3) is 0 Å². The number of ketones is 2. The zero-order chi connectivity index (χ0) is 29.7. The van der Waals surface area contributed by atoms with Crippen LogP contribution in [0.3, 0.4) is 0 Å². The summed E-state index contributed by atoms with van der Waals surface area (Å²) in [5, 5.41) is 0. The Morgan fingerprint density at radius 1 is 0.829 bits per heavy atom. The third kappa shape index (κ3) is 5.64. The maximum atomic E-state index is 14.0. The van der Waals surface area contributed by atoms with Crippen molar-refractivity contribution < 1.29 is 26.9 Å². The fraction of sp³-hybridized carbons (Fsp3) is 0.455. The summed E-state index contributed by atoms with van der Waals surface area (Å²) in [4.78, 5) is 30.2. The first kappa shape index (κ1) is 29.3. The maximum absolute atomic E-state index is 14.0. The van der Waals surface area contributed by atoms with E-state index >= 15 is 0 Å². The van der Waals surface area contributed by atoms with Gasteiger partial charge < -0.3 is 13.8 Å². The highest BCUT2D eigenvalue weighted by molar-refractivity contribution is 7.87. The van der Waals surface area contributed by atoms with Crippen molar-refractivity contribution in [3.05, 3.63) is 82.2 Å². The molecule has 0 aromatic heterocycles. The highest BCUT2D eigenvalue weighted by Crippen LogP contribution is 2.55. The Hall–Kier alpha value is -3.23. The van der Waals surface area contributed by atoms with Crippen LogP contribution < -0.4 is 4.18 Å². The van der Waals surface area contributed by atoms with Crippen LogP contribution >= 0.6 is 0 Å². The quantitative estimate of drug-likeness (QED) is 0.368. The molecule has 0 fully saturated rings. The number of nitrogens with zero attached hydrogens (tertiary/aromatic N) is 1. The lowest BCUT2D eigenvalue weighted by Gasteiger charge is -2.49. The van der Waals surface area contributed by atoms with Crippen molar-refractivity contribution in [1.82, 2.24) is 4.90 Å². The molecule has 0 atom stereocenters. The Morgan fingerprint density at radius 3 is 1.90 bits per heavy atom. The summed E-state index contributed by atoms with van der Waals surface area (Å²) in [6.45, 7) is 11.2. The van der Waals surface area contributed by atoms with E-state index in [4.69, 9.17) is 8.92 Å². The van der Waals surface area contributed by atoms with Gasteiger partial charge in [0.1, 0.15) is 10.6 Å². The fourth-order valence-electron chi connectivity index (χ4n) is 6.48. The van der Waals surface area contributed by atoms with E-state index in [1.807, 2.05) is 6.92 Å². The number of aryl methyl sites for hydroxylation is 1.